The Morgan fingerprint density at radius 3 is 2.24 bits per heavy atom. The molecular weight excluding hydrogens is 510 g/mol. The van der Waals surface area contributed by atoms with E-state index in [0.717, 1.165) is 0 Å². The maximum absolute atomic E-state index is 12.3. The third-order valence-electron chi connectivity index (χ3n) is 4.76. The van der Waals surface area contributed by atoms with Crippen LogP contribution in [0.3, 0.4) is 0 Å². The number of ether oxygens (including phenoxy) is 1. The molecule has 0 radical (unpaired) electrons. The summed E-state index contributed by atoms with van der Waals surface area (Å²) in [4.78, 5) is 24.4. The number of anilines is 1. The van der Waals surface area contributed by atoms with E-state index in [0.29, 0.717) is 26.7 Å². The van der Waals surface area contributed by atoms with Crippen molar-refractivity contribution < 1.29 is 22.7 Å². The lowest BCUT2D eigenvalue weighted by atomic mass is 9.93. The van der Waals surface area contributed by atoms with Crippen LogP contribution in [0.2, 0.25) is 0 Å². The standard InChI is InChI=1S/C23H18BrN3O5S/c1-2-10-32-23(29)17-5-3-4-16(20(17)24)14-11-18(21(25)19(12-14)22(26)28)13-6-8-15(9-7-13)33(27,30)31/h1,3-9,11-12H,10,25H2,(H2,26,28)(H2,27,30,31). The number of nitrogens with two attached hydrogens (primary N) is 3. The van der Waals surface area contributed by atoms with Crippen molar-refractivity contribution in [3.05, 3.63) is 70.2 Å². The van der Waals surface area contributed by atoms with Crippen LogP contribution < -0.4 is 16.6 Å². The number of halogens is 1. The molecule has 6 N–H and O–H groups in total. The van der Waals surface area contributed by atoms with E-state index in [9.17, 15) is 18.0 Å². The Kier molecular flexibility index (Phi) is 6.88. The number of rotatable bonds is 6. The van der Waals surface area contributed by atoms with Crippen LogP contribution >= 0.6 is 15.9 Å². The second-order valence-electron chi connectivity index (χ2n) is 6.87. The van der Waals surface area contributed by atoms with Gasteiger partial charge < -0.3 is 16.2 Å². The largest absolute Gasteiger partial charge is 0.449 e. The molecule has 10 heteroatoms. The zero-order chi connectivity index (χ0) is 24.3. The van der Waals surface area contributed by atoms with Gasteiger partial charge in [-0.05, 0) is 63.0 Å². The molecule has 0 aliphatic heterocycles. The Morgan fingerprint density at radius 2 is 1.67 bits per heavy atom. The zero-order valence-corrected chi connectivity index (χ0v) is 19.4. The number of carbonyl (C=O) groups excluding carboxylic acids is 2. The first kappa shape index (κ1) is 24.0. The molecule has 0 saturated heterocycles. The van der Waals surface area contributed by atoms with E-state index in [1.54, 1.807) is 24.3 Å². The minimum atomic E-state index is -3.88. The van der Waals surface area contributed by atoms with Crippen molar-refractivity contribution in [3.63, 3.8) is 0 Å². The van der Waals surface area contributed by atoms with Gasteiger partial charge in [0.05, 0.1) is 21.7 Å². The van der Waals surface area contributed by atoms with Crippen molar-refractivity contribution >= 4 is 43.5 Å². The third kappa shape index (κ3) is 5.06. The Balaban J connectivity index is 2.19. The smallest absolute Gasteiger partial charge is 0.340 e. The summed E-state index contributed by atoms with van der Waals surface area (Å²) in [6.45, 7) is -0.179. The average Bonchev–Trinajstić information content (AvgIpc) is 2.77. The van der Waals surface area contributed by atoms with Gasteiger partial charge in [-0.15, -0.1) is 6.42 Å². The molecule has 0 unspecified atom stereocenters. The summed E-state index contributed by atoms with van der Waals surface area (Å²) in [6.07, 6.45) is 5.14. The Hall–Kier alpha value is -3.65. The lowest BCUT2D eigenvalue weighted by molar-refractivity contribution is 0.0555. The van der Waals surface area contributed by atoms with Gasteiger partial charge in [-0.1, -0.05) is 30.2 Å². The van der Waals surface area contributed by atoms with Gasteiger partial charge in [0, 0.05) is 10.0 Å². The van der Waals surface area contributed by atoms with Crippen molar-refractivity contribution in [1.29, 1.82) is 0 Å². The van der Waals surface area contributed by atoms with E-state index < -0.39 is 21.9 Å². The Labute approximate surface area is 198 Å². The molecule has 0 fully saturated rings. The molecule has 168 valence electrons. The number of carbonyl (C=O) groups is 2. The first-order valence-corrected chi connectivity index (χ1v) is 11.6. The maximum Gasteiger partial charge on any atom is 0.340 e. The van der Waals surface area contributed by atoms with Crippen molar-refractivity contribution in [2.45, 2.75) is 4.90 Å². The zero-order valence-electron chi connectivity index (χ0n) is 17.0. The van der Waals surface area contributed by atoms with Gasteiger partial charge in [-0.2, -0.15) is 0 Å². The highest BCUT2D eigenvalue weighted by Gasteiger charge is 2.19. The molecule has 0 aromatic heterocycles. The average molecular weight is 528 g/mol. The Bertz CT molecular complexity index is 1410. The third-order valence-corrected chi connectivity index (χ3v) is 6.54. The van der Waals surface area contributed by atoms with Crippen molar-refractivity contribution in [2.75, 3.05) is 12.3 Å². The molecule has 0 aliphatic rings. The first-order valence-electron chi connectivity index (χ1n) is 9.30. The van der Waals surface area contributed by atoms with Crippen molar-refractivity contribution in [3.8, 4) is 34.6 Å². The highest BCUT2D eigenvalue weighted by Crippen LogP contribution is 2.38. The van der Waals surface area contributed by atoms with Gasteiger partial charge in [0.15, 0.2) is 6.61 Å². The van der Waals surface area contributed by atoms with Crippen LogP contribution in [0.4, 0.5) is 5.69 Å². The minimum absolute atomic E-state index is 0.0604. The Morgan fingerprint density at radius 1 is 1.00 bits per heavy atom. The van der Waals surface area contributed by atoms with E-state index in [4.69, 9.17) is 27.8 Å². The fraction of sp³-hybridized carbons (Fsp3) is 0.0435. The van der Waals surface area contributed by atoms with Crippen molar-refractivity contribution in [1.82, 2.24) is 0 Å². The molecular formula is C23H18BrN3O5S. The van der Waals surface area contributed by atoms with Crippen LogP contribution in [0.25, 0.3) is 22.3 Å². The number of primary sulfonamides is 1. The maximum atomic E-state index is 12.3. The lowest BCUT2D eigenvalue weighted by Crippen LogP contribution is -2.14. The summed E-state index contributed by atoms with van der Waals surface area (Å²) in [6, 6.07) is 13.8. The van der Waals surface area contributed by atoms with Gasteiger partial charge in [0.2, 0.25) is 10.0 Å². The number of nitrogen functional groups attached to an aromatic ring is 1. The molecule has 3 rings (SSSR count). The fourth-order valence-corrected chi connectivity index (χ4v) is 4.34. The topological polar surface area (TPSA) is 156 Å². The number of sulfonamides is 1. The van der Waals surface area contributed by atoms with Gasteiger partial charge >= 0.3 is 5.97 Å². The summed E-state index contributed by atoms with van der Waals surface area (Å²) < 4.78 is 28.5. The number of terminal acetylenes is 1. The quantitative estimate of drug-likeness (QED) is 0.254. The van der Waals surface area contributed by atoms with Crippen LogP contribution in [0.15, 0.2) is 64.0 Å². The van der Waals surface area contributed by atoms with E-state index in [1.165, 1.54) is 30.3 Å². The molecule has 8 nitrogen and oxygen atoms in total. The van der Waals surface area contributed by atoms with Gasteiger partial charge in [-0.25, -0.2) is 18.4 Å². The van der Waals surface area contributed by atoms with Gasteiger partial charge in [0.25, 0.3) is 5.91 Å². The molecule has 0 spiro atoms. The summed E-state index contributed by atoms with van der Waals surface area (Å²) in [5.41, 5.74) is 14.2. The fourth-order valence-electron chi connectivity index (χ4n) is 3.17. The number of primary amides is 1. The second-order valence-corrected chi connectivity index (χ2v) is 9.22. The summed E-state index contributed by atoms with van der Waals surface area (Å²) >= 11 is 3.42. The molecule has 33 heavy (non-hydrogen) atoms. The van der Waals surface area contributed by atoms with E-state index in [-0.39, 0.29) is 28.3 Å². The van der Waals surface area contributed by atoms with Crippen LogP contribution in [-0.2, 0) is 14.8 Å². The van der Waals surface area contributed by atoms with Crippen molar-refractivity contribution in [2.24, 2.45) is 10.9 Å². The normalized spacial score (nSPS) is 10.9. The molecule has 0 saturated carbocycles. The lowest BCUT2D eigenvalue weighted by Gasteiger charge is -2.15. The molecule has 1 amide bonds. The predicted molar refractivity (Wildman–Crippen MR) is 128 cm³/mol. The molecule has 0 aliphatic carbocycles. The van der Waals surface area contributed by atoms with Gasteiger partial charge in [0.1, 0.15) is 0 Å². The predicted octanol–water partition coefficient (Wildman–Crippen LogP) is 2.90. The first-order chi connectivity index (χ1) is 15.5. The van der Waals surface area contributed by atoms with Gasteiger partial charge in [-0.3, -0.25) is 4.79 Å². The van der Waals surface area contributed by atoms with E-state index >= 15 is 0 Å². The number of hydrogen-bond donors (Lipinski definition) is 3. The van der Waals surface area contributed by atoms with E-state index in [2.05, 4.69) is 21.9 Å². The highest BCUT2D eigenvalue weighted by molar-refractivity contribution is 9.10. The number of benzene rings is 3. The SMILES string of the molecule is C#CCOC(=O)c1cccc(-c2cc(C(N)=O)c(N)c(-c3ccc(S(N)(=O)=O)cc3)c2)c1Br. The minimum Gasteiger partial charge on any atom is -0.449 e. The van der Waals surface area contributed by atoms with Crippen LogP contribution in [0, 0.1) is 12.3 Å². The highest BCUT2D eigenvalue weighted by atomic mass is 79.9. The molecule has 0 heterocycles. The summed E-state index contributed by atoms with van der Waals surface area (Å²) in [5.74, 6) is 0.858. The number of amides is 1. The monoisotopic (exact) mass is 527 g/mol. The summed E-state index contributed by atoms with van der Waals surface area (Å²) in [7, 11) is -3.88. The van der Waals surface area contributed by atoms with Crippen LogP contribution in [0.1, 0.15) is 20.7 Å². The molecule has 0 atom stereocenters. The molecule has 3 aromatic carbocycles. The van der Waals surface area contributed by atoms with E-state index in [1.807, 2.05) is 0 Å². The second kappa shape index (κ2) is 9.46. The van der Waals surface area contributed by atoms with Crippen LogP contribution in [-0.4, -0.2) is 26.9 Å². The summed E-state index contributed by atoms with van der Waals surface area (Å²) in [5, 5.41) is 5.16. The molecule has 3 aromatic rings. The number of hydrogen-bond acceptors (Lipinski definition) is 6. The molecule has 0 bridgehead atoms. The van der Waals surface area contributed by atoms with Crippen LogP contribution in [0.5, 0.6) is 0 Å². The number of esters is 1.